The van der Waals surface area contributed by atoms with Gasteiger partial charge in [-0.1, -0.05) is 0 Å². The highest BCUT2D eigenvalue weighted by molar-refractivity contribution is 5.78. The van der Waals surface area contributed by atoms with E-state index in [9.17, 15) is 4.79 Å². The number of carbonyl (C=O) groups excluding carboxylic acids is 1. The van der Waals surface area contributed by atoms with Gasteiger partial charge in [-0.15, -0.1) is 0 Å². The standard InChI is InChI=1S/C11H16N2O/c1-3-13-11-5-4-9(8-14)10(6-11)7-12-2/h4-6,8,12-13H,3,7H2,1-2H3. The molecule has 0 aliphatic carbocycles. The molecule has 3 nitrogen and oxygen atoms in total. The average Bonchev–Trinajstić information content (AvgIpc) is 2.19. The fraction of sp³-hybridized carbons (Fsp3) is 0.364. The van der Waals surface area contributed by atoms with E-state index in [0.717, 1.165) is 29.6 Å². The Labute approximate surface area is 84.5 Å². The maximum atomic E-state index is 10.7. The van der Waals surface area contributed by atoms with E-state index < -0.39 is 0 Å². The number of nitrogens with one attached hydrogen (secondary N) is 2. The van der Waals surface area contributed by atoms with Crippen molar-refractivity contribution in [2.24, 2.45) is 0 Å². The molecule has 0 saturated carbocycles. The third-order valence-electron chi connectivity index (χ3n) is 2.02. The minimum absolute atomic E-state index is 0.716. The molecular formula is C11H16N2O. The van der Waals surface area contributed by atoms with Gasteiger partial charge in [0.1, 0.15) is 6.29 Å². The van der Waals surface area contributed by atoms with Crippen LogP contribution in [0.5, 0.6) is 0 Å². The van der Waals surface area contributed by atoms with Crippen molar-refractivity contribution < 1.29 is 4.79 Å². The smallest absolute Gasteiger partial charge is 0.150 e. The normalized spacial score (nSPS) is 9.86. The first-order chi connectivity index (χ1) is 6.81. The van der Waals surface area contributed by atoms with Crippen molar-refractivity contribution in [3.05, 3.63) is 29.3 Å². The fourth-order valence-corrected chi connectivity index (χ4v) is 1.38. The SMILES string of the molecule is CCNc1ccc(C=O)c(CNC)c1. The Balaban J connectivity index is 2.94. The molecule has 1 aromatic carbocycles. The number of benzene rings is 1. The molecule has 3 heteroatoms. The van der Waals surface area contributed by atoms with E-state index in [-0.39, 0.29) is 0 Å². The molecule has 0 heterocycles. The Morgan fingerprint density at radius 1 is 1.43 bits per heavy atom. The van der Waals surface area contributed by atoms with E-state index in [1.54, 1.807) is 0 Å². The zero-order valence-corrected chi connectivity index (χ0v) is 8.63. The first kappa shape index (κ1) is 10.7. The molecule has 0 bridgehead atoms. The number of rotatable bonds is 5. The molecule has 76 valence electrons. The van der Waals surface area contributed by atoms with Crippen molar-refractivity contribution in [1.82, 2.24) is 5.32 Å². The second-order valence-corrected chi connectivity index (χ2v) is 3.09. The van der Waals surface area contributed by atoms with Gasteiger partial charge in [0.25, 0.3) is 0 Å². The summed E-state index contributed by atoms with van der Waals surface area (Å²) in [5, 5.41) is 6.26. The molecule has 0 amide bonds. The molecule has 1 rings (SSSR count). The number of aldehydes is 1. The van der Waals surface area contributed by atoms with Crippen LogP contribution in [0.25, 0.3) is 0 Å². The molecule has 0 aliphatic rings. The largest absolute Gasteiger partial charge is 0.385 e. The van der Waals surface area contributed by atoms with Crippen LogP contribution in [0, 0.1) is 0 Å². The molecule has 2 N–H and O–H groups in total. The monoisotopic (exact) mass is 192 g/mol. The predicted octanol–water partition coefficient (Wildman–Crippen LogP) is 1.65. The zero-order chi connectivity index (χ0) is 10.4. The maximum absolute atomic E-state index is 10.7. The summed E-state index contributed by atoms with van der Waals surface area (Å²) in [5.74, 6) is 0. The number of hydrogen-bond acceptors (Lipinski definition) is 3. The van der Waals surface area contributed by atoms with Crippen LogP contribution in [-0.4, -0.2) is 19.9 Å². The lowest BCUT2D eigenvalue weighted by molar-refractivity contribution is 0.112. The van der Waals surface area contributed by atoms with E-state index in [1.807, 2.05) is 32.2 Å². The highest BCUT2D eigenvalue weighted by Gasteiger charge is 2.01. The van der Waals surface area contributed by atoms with Gasteiger partial charge < -0.3 is 10.6 Å². The molecule has 0 aromatic heterocycles. The van der Waals surface area contributed by atoms with E-state index in [4.69, 9.17) is 0 Å². The van der Waals surface area contributed by atoms with Crippen LogP contribution in [0.15, 0.2) is 18.2 Å². The van der Waals surface area contributed by atoms with Crippen molar-refractivity contribution >= 4 is 12.0 Å². The van der Waals surface area contributed by atoms with Crippen molar-refractivity contribution in [3.8, 4) is 0 Å². The van der Waals surface area contributed by atoms with E-state index in [2.05, 4.69) is 10.6 Å². The van der Waals surface area contributed by atoms with Crippen molar-refractivity contribution in [2.45, 2.75) is 13.5 Å². The van der Waals surface area contributed by atoms with Crippen molar-refractivity contribution in [3.63, 3.8) is 0 Å². The van der Waals surface area contributed by atoms with E-state index in [0.29, 0.717) is 6.54 Å². The van der Waals surface area contributed by atoms with Crippen LogP contribution >= 0.6 is 0 Å². The topological polar surface area (TPSA) is 41.1 Å². The van der Waals surface area contributed by atoms with Crippen LogP contribution < -0.4 is 10.6 Å². The molecule has 0 unspecified atom stereocenters. The predicted molar refractivity (Wildman–Crippen MR) is 58.8 cm³/mol. The Hall–Kier alpha value is -1.35. The average molecular weight is 192 g/mol. The Morgan fingerprint density at radius 2 is 2.21 bits per heavy atom. The second kappa shape index (κ2) is 5.40. The Morgan fingerprint density at radius 3 is 2.79 bits per heavy atom. The van der Waals surface area contributed by atoms with Crippen LogP contribution in [0.1, 0.15) is 22.8 Å². The third-order valence-corrected chi connectivity index (χ3v) is 2.02. The van der Waals surface area contributed by atoms with Gasteiger partial charge in [0.15, 0.2) is 0 Å². The van der Waals surface area contributed by atoms with E-state index in [1.165, 1.54) is 0 Å². The molecule has 0 radical (unpaired) electrons. The highest BCUT2D eigenvalue weighted by Crippen LogP contribution is 2.14. The van der Waals surface area contributed by atoms with Gasteiger partial charge in [0.05, 0.1) is 0 Å². The van der Waals surface area contributed by atoms with Crippen LogP contribution in [0.4, 0.5) is 5.69 Å². The second-order valence-electron chi connectivity index (χ2n) is 3.09. The summed E-state index contributed by atoms with van der Waals surface area (Å²) in [7, 11) is 1.87. The van der Waals surface area contributed by atoms with Gasteiger partial charge in [0.2, 0.25) is 0 Å². The Bertz CT molecular complexity index is 310. The summed E-state index contributed by atoms with van der Waals surface area (Å²) in [4.78, 5) is 10.7. The number of anilines is 1. The molecule has 0 spiro atoms. The van der Waals surface area contributed by atoms with Crippen LogP contribution in [0.3, 0.4) is 0 Å². The molecule has 0 saturated heterocycles. The Kier molecular flexibility index (Phi) is 4.13. The first-order valence-corrected chi connectivity index (χ1v) is 4.78. The molecule has 14 heavy (non-hydrogen) atoms. The summed E-state index contributed by atoms with van der Waals surface area (Å²) < 4.78 is 0. The molecule has 0 aliphatic heterocycles. The molecule has 0 fully saturated rings. The van der Waals surface area contributed by atoms with Gasteiger partial charge >= 0.3 is 0 Å². The summed E-state index contributed by atoms with van der Waals surface area (Å²) >= 11 is 0. The summed E-state index contributed by atoms with van der Waals surface area (Å²) in [6.07, 6.45) is 0.891. The number of carbonyl (C=O) groups is 1. The third kappa shape index (κ3) is 2.57. The van der Waals surface area contributed by atoms with Gasteiger partial charge in [-0.05, 0) is 37.7 Å². The van der Waals surface area contributed by atoms with Crippen LogP contribution in [-0.2, 0) is 6.54 Å². The molecule has 1 aromatic rings. The van der Waals surface area contributed by atoms with Gasteiger partial charge in [-0.2, -0.15) is 0 Å². The molecular weight excluding hydrogens is 176 g/mol. The summed E-state index contributed by atoms with van der Waals surface area (Å²) in [6, 6.07) is 5.77. The maximum Gasteiger partial charge on any atom is 0.150 e. The van der Waals surface area contributed by atoms with Crippen molar-refractivity contribution in [1.29, 1.82) is 0 Å². The van der Waals surface area contributed by atoms with E-state index >= 15 is 0 Å². The summed E-state index contributed by atoms with van der Waals surface area (Å²) in [5.41, 5.74) is 2.84. The lowest BCUT2D eigenvalue weighted by Crippen LogP contribution is -2.08. The molecule has 0 atom stereocenters. The fourth-order valence-electron chi connectivity index (χ4n) is 1.38. The minimum Gasteiger partial charge on any atom is -0.385 e. The number of hydrogen-bond donors (Lipinski definition) is 2. The minimum atomic E-state index is 0.716. The zero-order valence-electron chi connectivity index (χ0n) is 8.63. The van der Waals surface area contributed by atoms with Gasteiger partial charge in [-0.3, -0.25) is 4.79 Å². The quantitative estimate of drug-likeness (QED) is 0.697. The summed E-state index contributed by atoms with van der Waals surface area (Å²) in [6.45, 7) is 3.65. The van der Waals surface area contributed by atoms with Gasteiger partial charge in [0, 0.05) is 24.3 Å². The van der Waals surface area contributed by atoms with Crippen molar-refractivity contribution in [2.75, 3.05) is 18.9 Å². The lowest BCUT2D eigenvalue weighted by atomic mass is 10.1. The van der Waals surface area contributed by atoms with Gasteiger partial charge in [-0.25, -0.2) is 0 Å². The lowest BCUT2D eigenvalue weighted by Gasteiger charge is -2.08. The highest BCUT2D eigenvalue weighted by atomic mass is 16.1. The first-order valence-electron chi connectivity index (χ1n) is 4.78. The van der Waals surface area contributed by atoms with Crippen LogP contribution in [0.2, 0.25) is 0 Å².